The number of benzene rings is 2. The molecule has 2 aromatic rings. The first-order valence-corrected chi connectivity index (χ1v) is 8.26. The Morgan fingerprint density at radius 2 is 1.86 bits per heavy atom. The molecule has 0 bridgehead atoms. The predicted octanol–water partition coefficient (Wildman–Crippen LogP) is 3.58. The van der Waals surface area contributed by atoms with E-state index in [1.807, 2.05) is 6.92 Å². The van der Waals surface area contributed by atoms with Crippen LogP contribution in [0.3, 0.4) is 0 Å². The first-order chi connectivity index (χ1) is 10.7. The molecular formula is C19H24N2O. The third-order valence-electron chi connectivity index (χ3n) is 4.68. The number of hydrogen-bond acceptors (Lipinski definition) is 2. The van der Waals surface area contributed by atoms with Gasteiger partial charge in [0.15, 0.2) is 0 Å². The van der Waals surface area contributed by atoms with Gasteiger partial charge in [-0.2, -0.15) is 0 Å². The highest BCUT2D eigenvalue weighted by molar-refractivity contribution is 5.86. The van der Waals surface area contributed by atoms with E-state index >= 15 is 0 Å². The van der Waals surface area contributed by atoms with Crippen LogP contribution in [0, 0.1) is 5.92 Å². The van der Waals surface area contributed by atoms with Gasteiger partial charge in [0.2, 0.25) is 5.91 Å². The maximum absolute atomic E-state index is 11.9. The number of carbonyl (C=O) groups is 1. The van der Waals surface area contributed by atoms with Crippen LogP contribution in [0.15, 0.2) is 42.5 Å². The molecule has 1 aliphatic rings. The molecule has 1 saturated carbocycles. The van der Waals surface area contributed by atoms with Gasteiger partial charge in [-0.05, 0) is 49.6 Å². The minimum atomic E-state index is 0.194. The molecule has 0 atom stereocenters. The van der Waals surface area contributed by atoms with Crippen LogP contribution in [-0.2, 0) is 4.79 Å². The maximum Gasteiger partial charge on any atom is 0.223 e. The zero-order valence-electron chi connectivity index (χ0n) is 13.4. The molecule has 0 radical (unpaired) electrons. The average Bonchev–Trinajstić information content (AvgIpc) is 2.50. The third kappa shape index (κ3) is 2.80. The van der Waals surface area contributed by atoms with Gasteiger partial charge >= 0.3 is 0 Å². The van der Waals surface area contributed by atoms with E-state index < -0.39 is 0 Å². The smallest absolute Gasteiger partial charge is 0.223 e. The molecule has 0 spiro atoms. The van der Waals surface area contributed by atoms with Gasteiger partial charge < -0.3 is 10.2 Å². The van der Waals surface area contributed by atoms with E-state index in [0.29, 0.717) is 6.04 Å². The molecule has 3 rings (SSSR count). The zero-order chi connectivity index (χ0) is 15.5. The van der Waals surface area contributed by atoms with Crippen molar-refractivity contribution in [2.24, 2.45) is 5.92 Å². The third-order valence-corrected chi connectivity index (χ3v) is 4.68. The van der Waals surface area contributed by atoms with Gasteiger partial charge in [-0.3, -0.25) is 4.79 Å². The number of carbonyl (C=O) groups excluding carboxylic acids is 1. The van der Waals surface area contributed by atoms with Crippen LogP contribution in [0.1, 0.15) is 26.7 Å². The van der Waals surface area contributed by atoms with E-state index in [9.17, 15) is 4.79 Å². The van der Waals surface area contributed by atoms with Gasteiger partial charge in [0.25, 0.3) is 0 Å². The van der Waals surface area contributed by atoms with E-state index in [-0.39, 0.29) is 11.8 Å². The minimum absolute atomic E-state index is 0.194. The van der Waals surface area contributed by atoms with Crippen molar-refractivity contribution in [3.05, 3.63) is 42.5 Å². The summed E-state index contributed by atoms with van der Waals surface area (Å²) in [5.41, 5.74) is 1.26. The van der Waals surface area contributed by atoms with Gasteiger partial charge in [0.1, 0.15) is 0 Å². The van der Waals surface area contributed by atoms with Crippen molar-refractivity contribution in [3.63, 3.8) is 0 Å². The van der Waals surface area contributed by atoms with Gasteiger partial charge in [-0.1, -0.05) is 30.3 Å². The summed E-state index contributed by atoms with van der Waals surface area (Å²) in [7, 11) is 0. The quantitative estimate of drug-likeness (QED) is 0.914. The van der Waals surface area contributed by atoms with Crippen LogP contribution in [0.25, 0.3) is 10.8 Å². The molecule has 0 saturated heterocycles. The molecule has 22 heavy (non-hydrogen) atoms. The average molecular weight is 296 g/mol. The monoisotopic (exact) mass is 296 g/mol. The van der Waals surface area contributed by atoms with E-state index in [2.05, 4.69) is 59.6 Å². The number of fused-ring (bicyclic) bond motifs is 1. The fourth-order valence-electron chi connectivity index (χ4n) is 3.38. The standard InChI is InChI=1S/C19H24N2O/c1-3-20-19(22)16-12-18(13-16)21(4-2)17-10-9-14-7-5-6-8-15(14)11-17/h5-11,16,18H,3-4,12-13H2,1-2H3,(H,20,22). The molecule has 2 aromatic carbocycles. The Kier molecular flexibility index (Phi) is 4.32. The Labute approximate surface area is 132 Å². The molecule has 0 heterocycles. The Morgan fingerprint density at radius 3 is 2.55 bits per heavy atom. The second-order valence-corrected chi connectivity index (χ2v) is 6.03. The Balaban J connectivity index is 1.73. The van der Waals surface area contributed by atoms with E-state index in [1.54, 1.807) is 0 Å². The van der Waals surface area contributed by atoms with Crippen molar-refractivity contribution in [1.29, 1.82) is 0 Å². The summed E-state index contributed by atoms with van der Waals surface area (Å²) in [6.07, 6.45) is 1.93. The van der Waals surface area contributed by atoms with Crippen molar-refractivity contribution in [2.75, 3.05) is 18.0 Å². The lowest BCUT2D eigenvalue weighted by molar-refractivity contribution is -0.127. The van der Waals surface area contributed by atoms with Crippen LogP contribution in [0.2, 0.25) is 0 Å². The Morgan fingerprint density at radius 1 is 1.14 bits per heavy atom. The van der Waals surface area contributed by atoms with Gasteiger partial charge in [-0.25, -0.2) is 0 Å². The number of anilines is 1. The number of amides is 1. The molecule has 3 nitrogen and oxygen atoms in total. The van der Waals surface area contributed by atoms with Crippen molar-refractivity contribution in [1.82, 2.24) is 5.32 Å². The second-order valence-electron chi connectivity index (χ2n) is 6.03. The molecule has 1 amide bonds. The summed E-state index contributed by atoms with van der Waals surface area (Å²) < 4.78 is 0. The molecule has 0 unspecified atom stereocenters. The topological polar surface area (TPSA) is 32.3 Å². The van der Waals surface area contributed by atoms with Crippen molar-refractivity contribution in [2.45, 2.75) is 32.7 Å². The van der Waals surface area contributed by atoms with Gasteiger partial charge in [0, 0.05) is 30.7 Å². The summed E-state index contributed by atoms with van der Waals surface area (Å²) in [6, 6.07) is 15.6. The van der Waals surface area contributed by atoms with Crippen LogP contribution in [0.5, 0.6) is 0 Å². The highest BCUT2D eigenvalue weighted by Gasteiger charge is 2.37. The summed E-state index contributed by atoms with van der Waals surface area (Å²) >= 11 is 0. The van der Waals surface area contributed by atoms with Crippen LogP contribution < -0.4 is 10.2 Å². The molecule has 0 aromatic heterocycles. The van der Waals surface area contributed by atoms with Crippen LogP contribution in [0.4, 0.5) is 5.69 Å². The van der Waals surface area contributed by atoms with E-state index in [0.717, 1.165) is 25.9 Å². The number of hydrogen-bond donors (Lipinski definition) is 1. The minimum Gasteiger partial charge on any atom is -0.369 e. The Bertz CT molecular complexity index is 661. The molecule has 1 fully saturated rings. The molecule has 1 aliphatic carbocycles. The number of nitrogens with one attached hydrogen (secondary N) is 1. The second kappa shape index (κ2) is 6.39. The predicted molar refractivity (Wildman–Crippen MR) is 92.2 cm³/mol. The number of rotatable bonds is 5. The number of nitrogens with zero attached hydrogens (tertiary/aromatic N) is 1. The molecule has 3 heteroatoms. The van der Waals surface area contributed by atoms with Crippen molar-refractivity contribution < 1.29 is 4.79 Å². The fourth-order valence-corrected chi connectivity index (χ4v) is 3.38. The van der Waals surface area contributed by atoms with Crippen molar-refractivity contribution >= 4 is 22.4 Å². The largest absolute Gasteiger partial charge is 0.369 e. The normalized spacial score (nSPS) is 20.5. The zero-order valence-corrected chi connectivity index (χ0v) is 13.4. The molecular weight excluding hydrogens is 272 g/mol. The first-order valence-electron chi connectivity index (χ1n) is 8.26. The molecule has 0 aliphatic heterocycles. The lowest BCUT2D eigenvalue weighted by Gasteiger charge is -2.43. The van der Waals surface area contributed by atoms with E-state index in [1.165, 1.54) is 16.5 Å². The summed E-state index contributed by atoms with van der Waals surface area (Å²) in [5.74, 6) is 0.410. The lowest BCUT2D eigenvalue weighted by atomic mass is 9.78. The SMILES string of the molecule is CCNC(=O)C1CC(N(CC)c2ccc3ccccc3c2)C1. The molecule has 1 N–H and O–H groups in total. The highest BCUT2D eigenvalue weighted by atomic mass is 16.1. The highest BCUT2D eigenvalue weighted by Crippen LogP contribution is 2.35. The van der Waals surface area contributed by atoms with Crippen LogP contribution in [-0.4, -0.2) is 25.0 Å². The molecule has 116 valence electrons. The summed E-state index contributed by atoms with van der Waals surface area (Å²) in [6.45, 7) is 5.86. The van der Waals surface area contributed by atoms with Crippen molar-refractivity contribution in [3.8, 4) is 0 Å². The first kappa shape index (κ1) is 14.9. The van der Waals surface area contributed by atoms with Gasteiger partial charge in [-0.15, -0.1) is 0 Å². The summed E-state index contributed by atoms with van der Waals surface area (Å²) in [5, 5.41) is 5.48. The van der Waals surface area contributed by atoms with Crippen LogP contribution >= 0.6 is 0 Å². The fraction of sp³-hybridized carbons (Fsp3) is 0.421. The Hall–Kier alpha value is -2.03. The van der Waals surface area contributed by atoms with E-state index in [4.69, 9.17) is 0 Å². The van der Waals surface area contributed by atoms with Gasteiger partial charge in [0.05, 0.1) is 0 Å². The maximum atomic E-state index is 11.9. The summed E-state index contributed by atoms with van der Waals surface area (Å²) in [4.78, 5) is 14.3. The lowest BCUT2D eigenvalue weighted by Crippen LogP contribution is -2.49.